The molecule has 4 rings (SSSR count). The van der Waals surface area contributed by atoms with Gasteiger partial charge < -0.3 is 4.98 Å². The van der Waals surface area contributed by atoms with E-state index in [0.29, 0.717) is 6.54 Å². The van der Waals surface area contributed by atoms with E-state index in [2.05, 4.69) is 76.7 Å². The Balaban J connectivity index is 1.78. The number of hydrogen-bond donors (Lipinski definition) is 1. The summed E-state index contributed by atoms with van der Waals surface area (Å²) in [6, 6.07) is 12.3. The average Bonchev–Trinajstić information content (AvgIpc) is 3.45. The van der Waals surface area contributed by atoms with Gasteiger partial charge in [-0.1, -0.05) is 37.6 Å². The van der Waals surface area contributed by atoms with Crippen molar-refractivity contribution in [2.45, 2.75) is 72.1 Å². The van der Waals surface area contributed by atoms with Crippen LogP contribution in [0.15, 0.2) is 46.6 Å². The fourth-order valence-electron chi connectivity index (χ4n) is 4.27. The molecule has 0 aliphatic rings. The van der Waals surface area contributed by atoms with Gasteiger partial charge in [0.25, 0.3) is 5.56 Å². The summed E-state index contributed by atoms with van der Waals surface area (Å²) in [6.45, 7) is 11.8. The van der Waals surface area contributed by atoms with Crippen LogP contribution in [0.4, 0.5) is 0 Å². The van der Waals surface area contributed by atoms with Crippen LogP contribution in [0.1, 0.15) is 68.4 Å². The topological polar surface area (TPSA) is 79.7 Å². The first kappa shape index (κ1) is 23.3. The second-order valence-electron chi connectivity index (χ2n) is 9.57. The number of hydrogen-bond acceptors (Lipinski definition) is 6. The van der Waals surface area contributed by atoms with Crippen molar-refractivity contribution in [1.82, 2.24) is 30.1 Å². The van der Waals surface area contributed by atoms with E-state index in [1.54, 1.807) is 11.3 Å². The van der Waals surface area contributed by atoms with Gasteiger partial charge >= 0.3 is 0 Å². The molecule has 0 radical (unpaired) electrons. The zero-order valence-corrected chi connectivity index (χ0v) is 20.8. The van der Waals surface area contributed by atoms with Crippen LogP contribution in [0.5, 0.6) is 0 Å². The van der Waals surface area contributed by atoms with E-state index in [1.807, 2.05) is 29.8 Å². The van der Waals surface area contributed by atoms with Gasteiger partial charge in [0.05, 0.1) is 17.1 Å². The molecule has 1 aromatic carbocycles. The number of aryl methyl sites for hydroxylation is 1. The van der Waals surface area contributed by atoms with E-state index in [9.17, 15) is 4.79 Å². The van der Waals surface area contributed by atoms with Gasteiger partial charge in [0, 0.05) is 23.5 Å². The third kappa shape index (κ3) is 5.07. The molecule has 0 saturated carbocycles. The van der Waals surface area contributed by atoms with E-state index in [0.717, 1.165) is 47.2 Å². The molecule has 7 nitrogen and oxygen atoms in total. The summed E-state index contributed by atoms with van der Waals surface area (Å²) >= 11 is 1.73. The molecule has 0 fully saturated rings. The highest BCUT2D eigenvalue weighted by molar-refractivity contribution is 7.09. The van der Waals surface area contributed by atoms with Crippen LogP contribution >= 0.6 is 11.3 Å². The predicted molar refractivity (Wildman–Crippen MR) is 133 cm³/mol. The summed E-state index contributed by atoms with van der Waals surface area (Å²) in [5.41, 5.74) is 2.44. The van der Waals surface area contributed by atoms with Gasteiger partial charge in [-0.05, 0) is 73.0 Å². The number of nitrogens with zero attached hydrogens (tertiary/aromatic N) is 5. The summed E-state index contributed by atoms with van der Waals surface area (Å²) in [6.07, 6.45) is 1.88. The third-order valence-corrected chi connectivity index (χ3v) is 6.77. The highest BCUT2D eigenvalue weighted by Gasteiger charge is 2.30. The van der Waals surface area contributed by atoms with Crippen molar-refractivity contribution in [3.8, 4) is 0 Å². The Bertz CT molecular complexity index is 1270. The highest BCUT2D eigenvalue weighted by atomic mass is 32.1. The Morgan fingerprint density at radius 3 is 2.70 bits per heavy atom. The van der Waals surface area contributed by atoms with Gasteiger partial charge in [0.15, 0.2) is 5.82 Å². The Morgan fingerprint density at radius 2 is 2.00 bits per heavy atom. The number of rotatable bonds is 8. The lowest BCUT2D eigenvalue weighted by Gasteiger charge is -2.32. The standard InChI is InChI=1S/C25H32N6OS/c1-6-9-21(23-27-28-29-31(23)25(3,4)5)30(16-20-12-8-13-33-20)15-19-14-18-11-7-10-17(2)22(18)26-24(19)32/h7-8,10-14,21H,6,9,15-16H2,1-5H3,(H,26,32)/t21-/m0/s1. The monoisotopic (exact) mass is 464 g/mol. The van der Waals surface area contributed by atoms with Crippen LogP contribution in [0, 0.1) is 6.92 Å². The summed E-state index contributed by atoms with van der Waals surface area (Å²) in [4.78, 5) is 19.8. The first-order valence-corrected chi connectivity index (χ1v) is 12.3. The molecule has 0 aliphatic carbocycles. The zero-order chi connectivity index (χ0) is 23.6. The molecule has 0 aliphatic heterocycles. The summed E-state index contributed by atoms with van der Waals surface area (Å²) in [7, 11) is 0. The Labute approximate surface area is 198 Å². The lowest BCUT2D eigenvalue weighted by molar-refractivity contribution is 0.150. The molecule has 33 heavy (non-hydrogen) atoms. The van der Waals surface area contributed by atoms with Crippen molar-refractivity contribution < 1.29 is 0 Å². The molecule has 0 unspecified atom stereocenters. The van der Waals surface area contributed by atoms with Gasteiger partial charge in [0.1, 0.15) is 0 Å². The van der Waals surface area contributed by atoms with Gasteiger partial charge in [0.2, 0.25) is 0 Å². The fraction of sp³-hybridized carbons (Fsp3) is 0.440. The number of H-pyrrole nitrogens is 1. The van der Waals surface area contributed by atoms with Crippen LogP contribution in [-0.4, -0.2) is 30.1 Å². The van der Waals surface area contributed by atoms with Crippen molar-refractivity contribution in [3.63, 3.8) is 0 Å². The summed E-state index contributed by atoms with van der Waals surface area (Å²) < 4.78 is 1.92. The predicted octanol–water partition coefficient (Wildman–Crippen LogP) is 5.18. The van der Waals surface area contributed by atoms with Gasteiger partial charge in [-0.3, -0.25) is 9.69 Å². The maximum absolute atomic E-state index is 13.1. The van der Waals surface area contributed by atoms with Gasteiger partial charge in [-0.15, -0.1) is 16.4 Å². The molecule has 174 valence electrons. The molecule has 0 spiro atoms. The largest absolute Gasteiger partial charge is 0.321 e. The maximum atomic E-state index is 13.1. The number of tetrazole rings is 1. The molecule has 0 amide bonds. The van der Waals surface area contributed by atoms with E-state index >= 15 is 0 Å². The summed E-state index contributed by atoms with van der Waals surface area (Å²) in [5.74, 6) is 0.842. The first-order valence-electron chi connectivity index (χ1n) is 11.4. The quantitative estimate of drug-likeness (QED) is 0.388. The van der Waals surface area contributed by atoms with Crippen LogP contribution in [0.3, 0.4) is 0 Å². The average molecular weight is 465 g/mol. The van der Waals surface area contributed by atoms with Crippen molar-refractivity contribution in [2.75, 3.05) is 0 Å². The lowest BCUT2D eigenvalue weighted by atomic mass is 10.0. The first-order chi connectivity index (χ1) is 15.8. The van der Waals surface area contributed by atoms with Gasteiger partial charge in [-0.25, -0.2) is 4.68 Å². The van der Waals surface area contributed by atoms with Crippen molar-refractivity contribution in [1.29, 1.82) is 0 Å². The lowest BCUT2D eigenvalue weighted by Crippen LogP contribution is -2.35. The number of benzene rings is 1. The number of fused-ring (bicyclic) bond motifs is 1. The molecule has 1 N–H and O–H groups in total. The number of aromatic amines is 1. The highest BCUT2D eigenvalue weighted by Crippen LogP contribution is 2.31. The normalized spacial score (nSPS) is 13.2. The molecule has 0 saturated heterocycles. The molecular weight excluding hydrogens is 432 g/mol. The second-order valence-corrected chi connectivity index (χ2v) is 10.6. The van der Waals surface area contributed by atoms with Crippen LogP contribution < -0.4 is 5.56 Å². The van der Waals surface area contributed by atoms with Crippen molar-refractivity contribution >= 4 is 22.2 Å². The number of pyridine rings is 1. The molecular formula is C25H32N6OS. The third-order valence-electron chi connectivity index (χ3n) is 5.91. The Morgan fingerprint density at radius 1 is 1.18 bits per heavy atom. The summed E-state index contributed by atoms with van der Waals surface area (Å²) in [5, 5.41) is 15.9. The minimum absolute atomic E-state index is 0.0149. The van der Waals surface area contributed by atoms with E-state index in [-0.39, 0.29) is 17.1 Å². The van der Waals surface area contributed by atoms with Crippen molar-refractivity contribution in [2.24, 2.45) is 0 Å². The number of thiophene rings is 1. The minimum atomic E-state index is -0.239. The second kappa shape index (κ2) is 9.57. The molecule has 1 atom stereocenters. The van der Waals surface area contributed by atoms with E-state index in [1.165, 1.54) is 4.88 Å². The molecule has 3 heterocycles. The van der Waals surface area contributed by atoms with Crippen LogP contribution in [-0.2, 0) is 18.6 Å². The molecule has 8 heteroatoms. The van der Waals surface area contributed by atoms with Crippen LogP contribution in [0.2, 0.25) is 0 Å². The number of nitrogens with one attached hydrogen (secondary N) is 1. The van der Waals surface area contributed by atoms with Gasteiger partial charge in [-0.2, -0.15) is 0 Å². The number of para-hydroxylation sites is 1. The smallest absolute Gasteiger partial charge is 0.252 e. The molecule has 4 aromatic rings. The zero-order valence-electron chi connectivity index (χ0n) is 20.0. The fourth-order valence-corrected chi connectivity index (χ4v) is 5.00. The SMILES string of the molecule is CCC[C@@H](c1nnnn1C(C)(C)C)N(Cc1cccs1)Cc1cc2cccc(C)c2[nH]c1=O. The maximum Gasteiger partial charge on any atom is 0.252 e. The van der Waals surface area contributed by atoms with E-state index in [4.69, 9.17) is 0 Å². The molecule has 3 aromatic heterocycles. The molecule has 0 bridgehead atoms. The number of aromatic nitrogens is 5. The van der Waals surface area contributed by atoms with E-state index < -0.39 is 0 Å². The minimum Gasteiger partial charge on any atom is -0.321 e. The van der Waals surface area contributed by atoms with Crippen molar-refractivity contribution in [3.05, 3.63) is 74.0 Å². The van der Waals surface area contributed by atoms with Crippen LogP contribution in [0.25, 0.3) is 10.9 Å². The Hall–Kier alpha value is -2.84. The Kier molecular flexibility index (Phi) is 6.76.